The van der Waals surface area contributed by atoms with Crippen molar-refractivity contribution in [2.45, 2.75) is 65.2 Å². The maximum atomic E-state index is 13.0. The number of amides is 2. The molecule has 35 heavy (non-hydrogen) atoms. The third-order valence-electron chi connectivity index (χ3n) is 5.94. The summed E-state index contributed by atoms with van der Waals surface area (Å²) in [4.78, 5) is 30.9. The van der Waals surface area contributed by atoms with Crippen molar-refractivity contribution >= 4 is 17.5 Å². The fourth-order valence-corrected chi connectivity index (χ4v) is 4.14. The van der Waals surface area contributed by atoms with Gasteiger partial charge < -0.3 is 10.6 Å². The lowest BCUT2D eigenvalue weighted by molar-refractivity contribution is -0.141. The summed E-state index contributed by atoms with van der Waals surface area (Å²) in [7, 11) is 0. The Morgan fingerprint density at radius 2 is 1.77 bits per heavy atom. The van der Waals surface area contributed by atoms with Gasteiger partial charge >= 0.3 is 6.18 Å². The molecule has 0 aliphatic carbocycles. The fourth-order valence-electron chi connectivity index (χ4n) is 4.14. The van der Waals surface area contributed by atoms with Crippen LogP contribution in [0.3, 0.4) is 0 Å². The number of carbonyl (C=O) groups is 2. The van der Waals surface area contributed by atoms with Gasteiger partial charge in [-0.2, -0.15) is 13.2 Å². The number of likely N-dealkylation sites (tertiary alicyclic amines) is 1. The van der Waals surface area contributed by atoms with E-state index in [4.69, 9.17) is 0 Å². The van der Waals surface area contributed by atoms with Gasteiger partial charge in [0.2, 0.25) is 5.91 Å². The zero-order valence-electron chi connectivity index (χ0n) is 20.6. The van der Waals surface area contributed by atoms with Crippen molar-refractivity contribution in [3.05, 3.63) is 58.9 Å². The Labute approximate surface area is 204 Å². The highest BCUT2D eigenvalue weighted by molar-refractivity contribution is 6.03. The van der Waals surface area contributed by atoms with Gasteiger partial charge in [-0.25, -0.2) is 4.98 Å². The Morgan fingerprint density at radius 1 is 1.09 bits per heavy atom. The number of halogens is 3. The average molecular weight is 491 g/mol. The fraction of sp³-hybridized carbons (Fsp3) is 0.500. The minimum Gasteiger partial charge on any atom is -0.351 e. The number of anilines is 1. The molecule has 1 fully saturated rings. The van der Waals surface area contributed by atoms with Gasteiger partial charge in [0.05, 0.1) is 0 Å². The molecule has 0 saturated carbocycles. The number of carbonyl (C=O) groups excluding carboxylic acids is 2. The van der Waals surface area contributed by atoms with Crippen LogP contribution in [0.15, 0.2) is 36.4 Å². The first-order chi connectivity index (χ1) is 16.4. The van der Waals surface area contributed by atoms with Crippen molar-refractivity contribution in [2.24, 2.45) is 5.92 Å². The summed E-state index contributed by atoms with van der Waals surface area (Å²) < 4.78 is 38.9. The van der Waals surface area contributed by atoms with Crippen LogP contribution in [-0.4, -0.2) is 40.3 Å². The maximum absolute atomic E-state index is 13.0. The van der Waals surface area contributed by atoms with Gasteiger partial charge in [-0.05, 0) is 82.4 Å². The molecule has 9 heteroatoms. The molecule has 0 radical (unpaired) electrons. The van der Waals surface area contributed by atoms with Crippen LogP contribution in [-0.2, 0) is 23.9 Å². The molecule has 0 spiro atoms. The predicted octanol–water partition coefficient (Wildman–Crippen LogP) is 5.04. The van der Waals surface area contributed by atoms with Gasteiger partial charge in [-0.3, -0.25) is 14.5 Å². The number of hydrogen-bond donors (Lipinski definition) is 2. The van der Waals surface area contributed by atoms with Gasteiger partial charge in [0, 0.05) is 23.7 Å². The van der Waals surface area contributed by atoms with Crippen molar-refractivity contribution in [1.29, 1.82) is 0 Å². The van der Waals surface area contributed by atoms with E-state index in [0.29, 0.717) is 18.7 Å². The molecule has 0 unspecified atom stereocenters. The van der Waals surface area contributed by atoms with Crippen LogP contribution in [0.1, 0.15) is 67.8 Å². The predicted molar refractivity (Wildman–Crippen MR) is 129 cm³/mol. The van der Waals surface area contributed by atoms with E-state index in [0.717, 1.165) is 43.1 Å². The molecule has 1 aliphatic heterocycles. The summed E-state index contributed by atoms with van der Waals surface area (Å²) in [5.74, 6) is -0.589. The summed E-state index contributed by atoms with van der Waals surface area (Å²) in [6.07, 6.45) is -2.41. The van der Waals surface area contributed by atoms with Crippen molar-refractivity contribution in [3.63, 3.8) is 0 Å². The first kappa shape index (κ1) is 26.7. The molecule has 1 saturated heterocycles. The topological polar surface area (TPSA) is 74.3 Å². The minimum atomic E-state index is -4.62. The first-order valence-corrected chi connectivity index (χ1v) is 11.9. The van der Waals surface area contributed by atoms with E-state index < -0.39 is 17.8 Å². The normalized spacial score (nSPS) is 15.6. The standard InChI is InChI=1S/C26H33F3N4O2/c1-5-18-10-9-17(16-33-13-11-19(12-14-33)23(34)32-25(2,3)4)15-21(18)31-24(35)20-7-6-8-22(30-20)26(27,28)29/h6-10,15,19H,5,11-14,16H2,1-4H3,(H,31,35)(H,32,34). The molecule has 0 atom stereocenters. The second kappa shape index (κ2) is 10.8. The monoisotopic (exact) mass is 490 g/mol. The third-order valence-corrected chi connectivity index (χ3v) is 5.94. The van der Waals surface area contributed by atoms with E-state index in [1.54, 1.807) is 0 Å². The molecule has 3 rings (SSSR count). The first-order valence-electron chi connectivity index (χ1n) is 11.9. The number of alkyl halides is 3. The number of piperidine rings is 1. The Hall–Kier alpha value is -2.94. The third kappa shape index (κ3) is 7.52. The van der Waals surface area contributed by atoms with Crippen LogP contribution in [0.5, 0.6) is 0 Å². The Kier molecular flexibility index (Phi) is 8.20. The van der Waals surface area contributed by atoms with Crippen LogP contribution in [0.4, 0.5) is 18.9 Å². The van der Waals surface area contributed by atoms with Crippen molar-refractivity contribution in [1.82, 2.24) is 15.2 Å². The largest absolute Gasteiger partial charge is 0.433 e. The highest BCUT2D eigenvalue weighted by Gasteiger charge is 2.33. The van der Waals surface area contributed by atoms with Gasteiger partial charge in [0.15, 0.2) is 0 Å². The quantitative estimate of drug-likeness (QED) is 0.595. The molecular weight excluding hydrogens is 457 g/mol. The highest BCUT2D eigenvalue weighted by atomic mass is 19.4. The molecular formula is C26H33F3N4O2. The van der Waals surface area contributed by atoms with Gasteiger partial charge in [0.25, 0.3) is 5.91 Å². The number of nitrogens with one attached hydrogen (secondary N) is 2. The van der Waals surface area contributed by atoms with E-state index in [2.05, 4.69) is 20.5 Å². The molecule has 1 aliphatic rings. The molecule has 2 heterocycles. The Bertz CT molecular complexity index is 1060. The highest BCUT2D eigenvalue weighted by Crippen LogP contribution is 2.28. The molecule has 1 aromatic heterocycles. The van der Waals surface area contributed by atoms with Crippen LogP contribution >= 0.6 is 0 Å². The molecule has 2 N–H and O–H groups in total. The van der Waals surface area contributed by atoms with Crippen LogP contribution in [0.25, 0.3) is 0 Å². The van der Waals surface area contributed by atoms with Crippen molar-refractivity contribution in [3.8, 4) is 0 Å². The summed E-state index contributed by atoms with van der Waals surface area (Å²) in [6, 6.07) is 9.06. The van der Waals surface area contributed by atoms with Crippen LogP contribution in [0, 0.1) is 5.92 Å². The lowest BCUT2D eigenvalue weighted by Crippen LogP contribution is -2.46. The maximum Gasteiger partial charge on any atom is 0.433 e. The van der Waals surface area contributed by atoms with Gasteiger partial charge in [0.1, 0.15) is 11.4 Å². The molecule has 2 amide bonds. The summed E-state index contributed by atoms with van der Waals surface area (Å²) >= 11 is 0. The van der Waals surface area contributed by atoms with E-state index in [-0.39, 0.29) is 23.1 Å². The van der Waals surface area contributed by atoms with E-state index in [9.17, 15) is 22.8 Å². The Morgan fingerprint density at radius 3 is 2.37 bits per heavy atom. The molecule has 2 aromatic rings. The number of aryl methyl sites for hydroxylation is 1. The van der Waals surface area contributed by atoms with Crippen molar-refractivity contribution < 1.29 is 22.8 Å². The number of nitrogens with zero attached hydrogens (tertiary/aromatic N) is 2. The second-order valence-electron chi connectivity index (χ2n) is 9.99. The van der Waals surface area contributed by atoms with Gasteiger partial charge in [-0.1, -0.05) is 25.1 Å². The van der Waals surface area contributed by atoms with E-state index in [1.807, 2.05) is 45.9 Å². The number of benzene rings is 1. The second-order valence-corrected chi connectivity index (χ2v) is 9.99. The summed E-state index contributed by atoms with van der Waals surface area (Å²) in [5.41, 5.74) is 0.782. The minimum absolute atomic E-state index is 0.00255. The Balaban J connectivity index is 1.65. The number of pyridine rings is 1. The smallest absolute Gasteiger partial charge is 0.351 e. The number of hydrogen-bond acceptors (Lipinski definition) is 4. The van der Waals surface area contributed by atoms with E-state index >= 15 is 0 Å². The van der Waals surface area contributed by atoms with Crippen LogP contribution in [0.2, 0.25) is 0 Å². The molecule has 6 nitrogen and oxygen atoms in total. The molecule has 1 aromatic carbocycles. The molecule has 190 valence electrons. The van der Waals surface area contributed by atoms with Gasteiger partial charge in [-0.15, -0.1) is 0 Å². The summed E-state index contributed by atoms with van der Waals surface area (Å²) in [6.45, 7) is 10.1. The van der Waals surface area contributed by atoms with E-state index in [1.165, 1.54) is 12.1 Å². The zero-order valence-corrected chi connectivity index (χ0v) is 20.6. The average Bonchev–Trinajstić information content (AvgIpc) is 2.78. The lowest BCUT2D eigenvalue weighted by Gasteiger charge is -2.33. The molecule has 0 bridgehead atoms. The lowest BCUT2D eigenvalue weighted by atomic mass is 9.94. The number of rotatable bonds is 6. The number of aromatic nitrogens is 1. The zero-order chi connectivity index (χ0) is 25.8. The van der Waals surface area contributed by atoms with Crippen LogP contribution < -0.4 is 10.6 Å². The SMILES string of the molecule is CCc1ccc(CN2CCC(C(=O)NC(C)(C)C)CC2)cc1NC(=O)c1cccc(C(F)(F)F)n1. The van der Waals surface area contributed by atoms with Crippen molar-refractivity contribution in [2.75, 3.05) is 18.4 Å². The summed E-state index contributed by atoms with van der Waals surface area (Å²) in [5, 5.41) is 5.79.